The zero-order valence-corrected chi connectivity index (χ0v) is 16.9. The van der Waals surface area contributed by atoms with Crippen molar-refractivity contribution in [3.8, 4) is 5.75 Å². The van der Waals surface area contributed by atoms with Crippen molar-refractivity contribution in [1.29, 1.82) is 0 Å². The number of ether oxygens (including phenoxy) is 3. The Morgan fingerprint density at radius 3 is 2.89 bits per heavy atom. The Morgan fingerprint density at radius 1 is 1.22 bits per heavy atom. The Morgan fingerprint density at radius 2 is 2.11 bits per heavy atom. The second-order valence-electron chi connectivity index (χ2n) is 6.64. The Hall–Kier alpha value is -1.99. The topological polar surface area (TPSA) is 67.4 Å². The molecule has 1 unspecified atom stereocenters. The average Bonchev–Trinajstić information content (AvgIpc) is 3.18. The molecule has 7 nitrogen and oxygen atoms in total. The van der Waals surface area contributed by atoms with E-state index in [2.05, 4.69) is 32.7 Å². The number of rotatable bonds is 11. The Balaban J connectivity index is 1.64. The van der Waals surface area contributed by atoms with Gasteiger partial charge in [0, 0.05) is 58.7 Å². The van der Waals surface area contributed by atoms with E-state index in [1.807, 2.05) is 19.2 Å². The van der Waals surface area contributed by atoms with Gasteiger partial charge >= 0.3 is 0 Å². The first-order valence-corrected chi connectivity index (χ1v) is 9.67. The van der Waals surface area contributed by atoms with E-state index >= 15 is 0 Å². The number of hydrogen-bond acceptors (Lipinski definition) is 5. The first-order valence-electron chi connectivity index (χ1n) is 9.67. The monoisotopic (exact) mass is 378 g/mol. The van der Waals surface area contributed by atoms with E-state index in [1.54, 1.807) is 14.2 Å². The van der Waals surface area contributed by atoms with Crippen molar-refractivity contribution in [3.63, 3.8) is 0 Å². The van der Waals surface area contributed by atoms with Crippen LogP contribution in [0.3, 0.4) is 0 Å². The number of hydrogen-bond donors (Lipinski definition) is 2. The molecule has 1 heterocycles. The van der Waals surface area contributed by atoms with Gasteiger partial charge in [-0.15, -0.1) is 0 Å². The van der Waals surface area contributed by atoms with E-state index in [4.69, 9.17) is 14.2 Å². The number of nitrogens with one attached hydrogen (secondary N) is 2. The summed E-state index contributed by atoms with van der Waals surface area (Å²) >= 11 is 0. The number of aliphatic imine (C=N–C) groups is 1. The van der Waals surface area contributed by atoms with Crippen molar-refractivity contribution in [2.45, 2.75) is 12.8 Å². The number of anilines is 1. The third-order valence-corrected chi connectivity index (χ3v) is 4.68. The molecule has 1 aliphatic heterocycles. The number of guanidine groups is 1. The number of nitrogens with zero attached hydrogens (tertiary/aromatic N) is 2. The summed E-state index contributed by atoms with van der Waals surface area (Å²) in [7, 11) is 5.20. The summed E-state index contributed by atoms with van der Waals surface area (Å²) in [5, 5.41) is 6.78. The summed E-state index contributed by atoms with van der Waals surface area (Å²) in [6.45, 7) is 5.90. The van der Waals surface area contributed by atoms with E-state index in [-0.39, 0.29) is 0 Å². The minimum atomic E-state index is 0.604. The predicted octanol–water partition coefficient (Wildman–Crippen LogP) is 1.74. The van der Waals surface area contributed by atoms with Crippen molar-refractivity contribution < 1.29 is 14.2 Å². The smallest absolute Gasteiger partial charge is 0.190 e. The van der Waals surface area contributed by atoms with Crippen LogP contribution < -0.4 is 20.3 Å². The Labute approximate surface area is 163 Å². The molecule has 7 heteroatoms. The summed E-state index contributed by atoms with van der Waals surface area (Å²) < 4.78 is 15.7. The molecule has 1 atom stereocenters. The molecule has 0 spiro atoms. The summed E-state index contributed by atoms with van der Waals surface area (Å²) in [4.78, 5) is 6.72. The van der Waals surface area contributed by atoms with Crippen LogP contribution in [0.25, 0.3) is 0 Å². The van der Waals surface area contributed by atoms with Gasteiger partial charge in [-0.3, -0.25) is 4.99 Å². The van der Waals surface area contributed by atoms with Crippen LogP contribution in [0.2, 0.25) is 0 Å². The van der Waals surface area contributed by atoms with Gasteiger partial charge < -0.3 is 29.7 Å². The molecule has 1 aromatic rings. The lowest BCUT2D eigenvalue weighted by Crippen LogP contribution is -2.40. The van der Waals surface area contributed by atoms with Crippen LogP contribution in [0, 0.1) is 5.92 Å². The molecule has 0 aromatic heterocycles. The third kappa shape index (κ3) is 7.64. The fourth-order valence-corrected chi connectivity index (χ4v) is 3.13. The summed E-state index contributed by atoms with van der Waals surface area (Å²) in [5.41, 5.74) is 1.23. The van der Waals surface area contributed by atoms with Gasteiger partial charge in [-0.2, -0.15) is 0 Å². The molecule has 0 radical (unpaired) electrons. The highest BCUT2D eigenvalue weighted by atomic mass is 16.5. The van der Waals surface area contributed by atoms with Gasteiger partial charge in [-0.05, 0) is 30.9 Å². The largest absolute Gasteiger partial charge is 0.497 e. The predicted molar refractivity (Wildman–Crippen MR) is 110 cm³/mol. The molecule has 27 heavy (non-hydrogen) atoms. The van der Waals surface area contributed by atoms with Crippen molar-refractivity contribution >= 4 is 11.6 Å². The first kappa shape index (κ1) is 21.3. The van der Waals surface area contributed by atoms with Crippen LogP contribution in [-0.2, 0) is 9.47 Å². The summed E-state index contributed by atoms with van der Waals surface area (Å²) in [6, 6.07) is 8.28. The summed E-state index contributed by atoms with van der Waals surface area (Å²) in [5.74, 6) is 2.36. The molecule has 1 saturated heterocycles. The maximum absolute atomic E-state index is 5.46. The SMILES string of the molecule is CN=C(NCCCOCCOC)NCC1CCN(c2cccc(OC)c2)C1. The number of benzene rings is 1. The Bertz CT molecular complexity index is 568. The lowest BCUT2D eigenvalue weighted by Gasteiger charge is -2.20. The van der Waals surface area contributed by atoms with Gasteiger partial charge in [0.1, 0.15) is 5.75 Å². The maximum atomic E-state index is 5.46. The average molecular weight is 379 g/mol. The van der Waals surface area contributed by atoms with Gasteiger partial charge in [0.05, 0.1) is 20.3 Å². The van der Waals surface area contributed by atoms with E-state index in [9.17, 15) is 0 Å². The molecule has 1 aromatic carbocycles. The third-order valence-electron chi connectivity index (χ3n) is 4.68. The molecule has 1 aliphatic rings. The van der Waals surface area contributed by atoms with Crippen LogP contribution in [0.5, 0.6) is 5.75 Å². The zero-order chi connectivity index (χ0) is 19.3. The normalized spacial score (nSPS) is 17.2. The molecule has 2 rings (SSSR count). The van der Waals surface area contributed by atoms with Crippen LogP contribution in [0.15, 0.2) is 29.3 Å². The van der Waals surface area contributed by atoms with E-state index in [0.29, 0.717) is 19.1 Å². The molecule has 2 N–H and O–H groups in total. The minimum Gasteiger partial charge on any atom is -0.497 e. The molecule has 0 aliphatic carbocycles. The van der Waals surface area contributed by atoms with Crippen LogP contribution in [0.4, 0.5) is 5.69 Å². The quantitative estimate of drug-likeness (QED) is 0.347. The lowest BCUT2D eigenvalue weighted by atomic mass is 10.1. The lowest BCUT2D eigenvalue weighted by molar-refractivity contribution is 0.0698. The Kier molecular flexibility index (Phi) is 9.79. The van der Waals surface area contributed by atoms with Crippen LogP contribution >= 0.6 is 0 Å². The first-order chi connectivity index (χ1) is 13.3. The van der Waals surface area contributed by atoms with Crippen molar-refractivity contribution in [2.24, 2.45) is 10.9 Å². The molecular weight excluding hydrogens is 344 g/mol. The van der Waals surface area contributed by atoms with Gasteiger partial charge in [0.15, 0.2) is 5.96 Å². The maximum Gasteiger partial charge on any atom is 0.190 e. The van der Waals surface area contributed by atoms with Crippen LogP contribution in [0.1, 0.15) is 12.8 Å². The summed E-state index contributed by atoms with van der Waals surface area (Å²) in [6.07, 6.45) is 2.12. The van der Waals surface area contributed by atoms with E-state index in [1.165, 1.54) is 12.1 Å². The van der Waals surface area contributed by atoms with Crippen LogP contribution in [-0.4, -0.2) is 73.2 Å². The number of methoxy groups -OCH3 is 2. The molecule has 0 saturated carbocycles. The zero-order valence-electron chi connectivity index (χ0n) is 16.9. The van der Waals surface area contributed by atoms with Crippen molar-refractivity contribution in [1.82, 2.24) is 10.6 Å². The van der Waals surface area contributed by atoms with Gasteiger partial charge in [0.2, 0.25) is 0 Å². The van der Waals surface area contributed by atoms with E-state index < -0.39 is 0 Å². The highest BCUT2D eigenvalue weighted by Crippen LogP contribution is 2.26. The van der Waals surface area contributed by atoms with Gasteiger partial charge in [-0.1, -0.05) is 6.07 Å². The van der Waals surface area contributed by atoms with Gasteiger partial charge in [0.25, 0.3) is 0 Å². The molecular formula is C20H34N4O3. The minimum absolute atomic E-state index is 0.604. The second kappa shape index (κ2) is 12.4. The standard InChI is InChI=1S/C20H34N4O3/c1-21-20(22-9-5-11-27-13-12-25-2)23-15-17-8-10-24(16-17)18-6-4-7-19(14-18)26-3/h4,6-7,14,17H,5,8-13,15-16H2,1-3H3,(H2,21,22,23). The molecule has 1 fully saturated rings. The van der Waals surface area contributed by atoms with E-state index in [0.717, 1.165) is 50.9 Å². The molecule has 152 valence electrons. The van der Waals surface area contributed by atoms with Gasteiger partial charge in [-0.25, -0.2) is 0 Å². The highest BCUT2D eigenvalue weighted by molar-refractivity contribution is 5.79. The second-order valence-corrected chi connectivity index (χ2v) is 6.64. The fraction of sp³-hybridized carbons (Fsp3) is 0.650. The fourth-order valence-electron chi connectivity index (χ4n) is 3.13. The molecule has 0 amide bonds. The van der Waals surface area contributed by atoms with Crippen molar-refractivity contribution in [3.05, 3.63) is 24.3 Å². The highest BCUT2D eigenvalue weighted by Gasteiger charge is 2.23. The van der Waals surface area contributed by atoms with Crippen molar-refractivity contribution in [2.75, 3.05) is 72.2 Å². The molecule has 0 bridgehead atoms.